The van der Waals surface area contributed by atoms with Crippen LogP contribution in [0, 0.1) is 6.92 Å². The number of amides is 2. The van der Waals surface area contributed by atoms with E-state index in [0.717, 1.165) is 23.3 Å². The summed E-state index contributed by atoms with van der Waals surface area (Å²) in [4.78, 5) is 36.7. The lowest BCUT2D eigenvalue weighted by Crippen LogP contribution is -2.20. The van der Waals surface area contributed by atoms with Crippen LogP contribution in [-0.4, -0.2) is 24.4 Å². The molecule has 1 aromatic carbocycles. The molecule has 0 saturated heterocycles. The van der Waals surface area contributed by atoms with Crippen LogP contribution in [0.25, 0.3) is 0 Å². The third-order valence-electron chi connectivity index (χ3n) is 4.07. The third kappa shape index (κ3) is 5.32. The van der Waals surface area contributed by atoms with Crippen molar-refractivity contribution in [2.75, 3.05) is 17.2 Å². The molecule has 0 saturated carbocycles. The minimum atomic E-state index is -0.623. The standard InChI is InChI=1S/C21H20N2O5S/c1-3-14-6-8-15(9-7-14)22-17(24)12-28-21(26)19-13(2)11-18(29-19)23-20(25)16-5-4-10-27-16/h4-11H,3,12H2,1-2H3,(H,22,24)(H,23,25). The van der Waals surface area contributed by atoms with Crippen LogP contribution in [0.4, 0.5) is 10.7 Å². The molecule has 0 aliphatic carbocycles. The molecule has 3 aromatic rings. The molecule has 0 bridgehead atoms. The second-order valence-electron chi connectivity index (χ2n) is 6.23. The number of thiophene rings is 1. The van der Waals surface area contributed by atoms with Gasteiger partial charge in [0.05, 0.1) is 11.3 Å². The average Bonchev–Trinajstić information content (AvgIpc) is 3.37. The van der Waals surface area contributed by atoms with Crippen molar-refractivity contribution in [3.63, 3.8) is 0 Å². The Kier molecular flexibility index (Phi) is 6.46. The van der Waals surface area contributed by atoms with Crippen LogP contribution in [0.15, 0.2) is 53.1 Å². The van der Waals surface area contributed by atoms with Gasteiger partial charge in [-0.3, -0.25) is 9.59 Å². The van der Waals surface area contributed by atoms with Gasteiger partial charge in [-0.1, -0.05) is 19.1 Å². The largest absolute Gasteiger partial charge is 0.459 e. The lowest BCUT2D eigenvalue weighted by molar-refractivity contribution is -0.119. The van der Waals surface area contributed by atoms with Crippen molar-refractivity contribution in [3.05, 3.63) is 70.5 Å². The summed E-state index contributed by atoms with van der Waals surface area (Å²) >= 11 is 1.07. The molecule has 0 atom stereocenters. The average molecular weight is 412 g/mol. The fourth-order valence-corrected chi connectivity index (χ4v) is 3.51. The molecule has 2 amide bonds. The van der Waals surface area contributed by atoms with Gasteiger partial charge in [0.1, 0.15) is 4.88 Å². The Hall–Kier alpha value is -3.39. The van der Waals surface area contributed by atoms with Gasteiger partial charge in [-0.2, -0.15) is 0 Å². The van der Waals surface area contributed by atoms with E-state index in [2.05, 4.69) is 10.6 Å². The first kappa shape index (κ1) is 20.3. The summed E-state index contributed by atoms with van der Waals surface area (Å²) in [5.74, 6) is -1.29. The Morgan fingerprint density at radius 3 is 2.52 bits per heavy atom. The molecular weight excluding hydrogens is 392 g/mol. The van der Waals surface area contributed by atoms with Crippen LogP contribution in [-0.2, 0) is 16.0 Å². The summed E-state index contributed by atoms with van der Waals surface area (Å²) in [5, 5.41) is 5.83. The Balaban J connectivity index is 1.54. The number of nitrogens with one attached hydrogen (secondary N) is 2. The summed E-state index contributed by atoms with van der Waals surface area (Å²) in [6, 6.07) is 12.3. The monoisotopic (exact) mass is 412 g/mol. The van der Waals surface area contributed by atoms with Crippen LogP contribution < -0.4 is 10.6 Å². The molecule has 0 spiro atoms. The van der Waals surface area contributed by atoms with Gasteiger partial charge in [0.15, 0.2) is 12.4 Å². The number of benzene rings is 1. The molecule has 3 rings (SSSR count). The number of esters is 1. The zero-order valence-electron chi connectivity index (χ0n) is 16.0. The Morgan fingerprint density at radius 1 is 1.10 bits per heavy atom. The highest BCUT2D eigenvalue weighted by atomic mass is 32.1. The van der Waals surface area contributed by atoms with Crippen molar-refractivity contribution in [1.82, 2.24) is 0 Å². The number of hydrogen-bond acceptors (Lipinski definition) is 6. The summed E-state index contributed by atoms with van der Waals surface area (Å²) < 4.78 is 10.1. The minimum absolute atomic E-state index is 0.170. The maximum absolute atomic E-state index is 12.3. The number of ether oxygens (including phenoxy) is 1. The van der Waals surface area contributed by atoms with E-state index >= 15 is 0 Å². The lowest BCUT2D eigenvalue weighted by Gasteiger charge is -2.07. The van der Waals surface area contributed by atoms with Gasteiger partial charge < -0.3 is 19.8 Å². The van der Waals surface area contributed by atoms with E-state index in [9.17, 15) is 14.4 Å². The zero-order chi connectivity index (χ0) is 20.8. The molecule has 150 valence electrons. The first-order valence-corrected chi connectivity index (χ1v) is 9.79. The minimum Gasteiger partial charge on any atom is -0.459 e. The number of rotatable bonds is 7. The maximum Gasteiger partial charge on any atom is 0.349 e. The third-order valence-corrected chi connectivity index (χ3v) is 5.20. The molecular formula is C21H20N2O5S. The van der Waals surface area contributed by atoms with Gasteiger partial charge in [-0.15, -0.1) is 11.3 Å². The highest BCUT2D eigenvalue weighted by Gasteiger charge is 2.18. The van der Waals surface area contributed by atoms with Crippen molar-refractivity contribution in [1.29, 1.82) is 0 Å². The molecule has 0 radical (unpaired) electrons. The van der Waals surface area contributed by atoms with E-state index in [1.165, 1.54) is 6.26 Å². The van der Waals surface area contributed by atoms with Gasteiger partial charge in [0.25, 0.3) is 11.8 Å². The van der Waals surface area contributed by atoms with Gasteiger partial charge >= 0.3 is 5.97 Å². The van der Waals surface area contributed by atoms with Crippen LogP contribution in [0.2, 0.25) is 0 Å². The van der Waals surface area contributed by atoms with Gasteiger partial charge in [-0.05, 0) is 54.8 Å². The van der Waals surface area contributed by atoms with Crippen molar-refractivity contribution in [2.24, 2.45) is 0 Å². The van der Waals surface area contributed by atoms with E-state index in [4.69, 9.17) is 9.15 Å². The highest BCUT2D eigenvalue weighted by Crippen LogP contribution is 2.27. The second kappa shape index (κ2) is 9.20. The number of hydrogen-bond donors (Lipinski definition) is 2. The predicted molar refractivity (Wildman–Crippen MR) is 110 cm³/mol. The zero-order valence-corrected chi connectivity index (χ0v) is 16.8. The van der Waals surface area contributed by atoms with Gasteiger partial charge in [0, 0.05) is 5.69 Å². The van der Waals surface area contributed by atoms with Crippen molar-refractivity contribution >= 4 is 39.8 Å². The molecule has 0 unspecified atom stereocenters. The van der Waals surface area contributed by atoms with E-state index in [1.54, 1.807) is 37.3 Å². The molecule has 0 fully saturated rings. The number of furan rings is 1. The van der Waals surface area contributed by atoms with Gasteiger partial charge in [0.2, 0.25) is 0 Å². The quantitative estimate of drug-likeness (QED) is 0.565. The van der Waals surface area contributed by atoms with E-state index < -0.39 is 24.4 Å². The van der Waals surface area contributed by atoms with E-state index in [1.807, 2.05) is 19.1 Å². The fraction of sp³-hybridized carbons (Fsp3) is 0.190. The van der Waals surface area contributed by atoms with E-state index in [-0.39, 0.29) is 5.76 Å². The maximum atomic E-state index is 12.3. The Bertz CT molecular complexity index is 1010. The molecule has 2 N–H and O–H groups in total. The number of aryl methyl sites for hydroxylation is 2. The van der Waals surface area contributed by atoms with Crippen molar-refractivity contribution < 1.29 is 23.5 Å². The van der Waals surface area contributed by atoms with Crippen molar-refractivity contribution in [2.45, 2.75) is 20.3 Å². The fourth-order valence-electron chi connectivity index (χ4n) is 2.55. The second-order valence-corrected chi connectivity index (χ2v) is 7.28. The van der Waals surface area contributed by atoms with Crippen LogP contribution >= 0.6 is 11.3 Å². The molecule has 0 aliphatic rings. The van der Waals surface area contributed by atoms with Crippen LogP contribution in [0.3, 0.4) is 0 Å². The van der Waals surface area contributed by atoms with Gasteiger partial charge in [-0.25, -0.2) is 4.79 Å². The summed E-state index contributed by atoms with van der Waals surface area (Å²) in [6.45, 7) is 3.37. The molecule has 8 heteroatoms. The first-order chi connectivity index (χ1) is 14.0. The molecule has 2 heterocycles. The molecule has 2 aromatic heterocycles. The predicted octanol–water partition coefficient (Wildman–Crippen LogP) is 4.26. The normalized spacial score (nSPS) is 10.4. The number of carbonyl (C=O) groups is 3. The number of carbonyl (C=O) groups excluding carboxylic acids is 3. The highest BCUT2D eigenvalue weighted by molar-refractivity contribution is 7.18. The lowest BCUT2D eigenvalue weighted by atomic mass is 10.1. The molecule has 0 aliphatic heterocycles. The van der Waals surface area contributed by atoms with Crippen LogP contribution in [0.1, 0.15) is 38.3 Å². The molecule has 29 heavy (non-hydrogen) atoms. The molecule has 7 nitrogen and oxygen atoms in total. The SMILES string of the molecule is CCc1ccc(NC(=O)COC(=O)c2sc(NC(=O)c3ccco3)cc2C)cc1. The first-order valence-electron chi connectivity index (χ1n) is 8.97. The van der Waals surface area contributed by atoms with Crippen LogP contribution in [0.5, 0.6) is 0 Å². The van der Waals surface area contributed by atoms with E-state index in [0.29, 0.717) is 21.1 Å². The summed E-state index contributed by atoms with van der Waals surface area (Å²) in [7, 11) is 0. The van der Waals surface area contributed by atoms with Crippen molar-refractivity contribution in [3.8, 4) is 0 Å². The Morgan fingerprint density at radius 2 is 1.86 bits per heavy atom. The smallest absolute Gasteiger partial charge is 0.349 e. The number of anilines is 2. The topological polar surface area (TPSA) is 97.6 Å². The summed E-state index contributed by atoms with van der Waals surface area (Å²) in [5.41, 5.74) is 2.45. The Labute approximate surface area is 171 Å². The summed E-state index contributed by atoms with van der Waals surface area (Å²) in [6.07, 6.45) is 2.32.